The Morgan fingerprint density at radius 2 is 2.17 bits per heavy atom. The minimum absolute atomic E-state index is 0.0574. The lowest BCUT2D eigenvalue weighted by molar-refractivity contribution is 0.0946. The molecule has 0 aliphatic heterocycles. The van der Waals surface area contributed by atoms with Gasteiger partial charge in [0.05, 0.1) is 5.38 Å². The number of rotatable bonds is 4. The van der Waals surface area contributed by atoms with E-state index >= 15 is 0 Å². The van der Waals surface area contributed by atoms with Crippen LogP contribution in [0.3, 0.4) is 0 Å². The van der Waals surface area contributed by atoms with Crippen LogP contribution < -0.4 is 5.32 Å². The summed E-state index contributed by atoms with van der Waals surface area (Å²) in [5.41, 5.74) is 1.51. The molecular weight excluding hydrogens is 248 g/mol. The molecule has 1 N–H and O–H groups in total. The molecule has 0 aromatic carbocycles. The number of halogens is 1. The van der Waals surface area contributed by atoms with Gasteiger partial charge in [-0.05, 0) is 30.4 Å². The molecular formula is C14H21ClN2O. The second kappa shape index (κ2) is 6.19. The molecule has 100 valence electrons. The zero-order valence-corrected chi connectivity index (χ0v) is 12.2. The summed E-state index contributed by atoms with van der Waals surface area (Å²) in [7, 11) is 0. The average molecular weight is 269 g/mol. The molecule has 18 heavy (non-hydrogen) atoms. The molecule has 1 unspecified atom stereocenters. The third kappa shape index (κ3) is 5.05. The van der Waals surface area contributed by atoms with E-state index in [4.69, 9.17) is 11.6 Å². The maximum absolute atomic E-state index is 11.9. The SMILES string of the molecule is Cc1cccnc1C(=O)NCC(Cl)CC(C)(C)C. The Morgan fingerprint density at radius 1 is 1.50 bits per heavy atom. The summed E-state index contributed by atoms with van der Waals surface area (Å²) in [6, 6.07) is 3.69. The van der Waals surface area contributed by atoms with Gasteiger partial charge in [0.25, 0.3) is 5.91 Å². The number of hydrogen-bond acceptors (Lipinski definition) is 2. The molecule has 0 fully saturated rings. The van der Waals surface area contributed by atoms with Crippen molar-refractivity contribution in [2.24, 2.45) is 5.41 Å². The maximum Gasteiger partial charge on any atom is 0.270 e. The molecule has 1 amide bonds. The molecule has 1 atom stereocenters. The zero-order valence-electron chi connectivity index (χ0n) is 11.5. The largest absolute Gasteiger partial charge is 0.349 e. The number of aryl methyl sites for hydroxylation is 1. The average Bonchev–Trinajstić information content (AvgIpc) is 2.24. The summed E-state index contributed by atoms with van der Waals surface area (Å²) in [6.45, 7) is 8.73. The van der Waals surface area contributed by atoms with Crippen LogP contribution in [0.25, 0.3) is 0 Å². The topological polar surface area (TPSA) is 42.0 Å². The Balaban J connectivity index is 2.50. The first-order valence-electron chi connectivity index (χ1n) is 6.13. The second-order valence-electron chi connectivity index (χ2n) is 5.74. The van der Waals surface area contributed by atoms with Crippen LogP contribution in [0.1, 0.15) is 43.2 Å². The van der Waals surface area contributed by atoms with Crippen molar-refractivity contribution in [3.05, 3.63) is 29.6 Å². The van der Waals surface area contributed by atoms with Crippen molar-refractivity contribution in [3.8, 4) is 0 Å². The second-order valence-corrected chi connectivity index (χ2v) is 6.36. The fourth-order valence-corrected chi connectivity index (χ4v) is 2.29. The molecule has 0 spiro atoms. The van der Waals surface area contributed by atoms with E-state index < -0.39 is 0 Å². The van der Waals surface area contributed by atoms with E-state index in [-0.39, 0.29) is 16.7 Å². The minimum Gasteiger partial charge on any atom is -0.349 e. The predicted molar refractivity (Wildman–Crippen MR) is 75.0 cm³/mol. The van der Waals surface area contributed by atoms with Crippen LogP contribution in [0.4, 0.5) is 0 Å². The third-order valence-electron chi connectivity index (χ3n) is 2.54. The minimum atomic E-state index is -0.160. The van der Waals surface area contributed by atoms with Crippen molar-refractivity contribution < 1.29 is 4.79 Å². The van der Waals surface area contributed by atoms with Gasteiger partial charge in [-0.3, -0.25) is 9.78 Å². The summed E-state index contributed by atoms with van der Waals surface area (Å²) in [6.07, 6.45) is 2.48. The summed E-state index contributed by atoms with van der Waals surface area (Å²) < 4.78 is 0. The van der Waals surface area contributed by atoms with Crippen molar-refractivity contribution in [1.29, 1.82) is 0 Å². The van der Waals surface area contributed by atoms with Gasteiger partial charge < -0.3 is 5.32 Å². The highest BCUT2D eigenvalue weighted by atomic mass is 35.5. The summed E-state index contributed by atoms with van der Waals surface area (Å²) in [5, 5.41) is 2.77. The Morgan fingerprint density at radius 3 is 2.72 bits per heavy atom. The summed E-state index contributed by atoms with van der Waals surface area (Å²) in [4.78, 5) is 16.0. The van der Waals surface area contributed by atoms with Gasteiger partial charge >= 0.3 is 0 Å². The van der Waals surface area contributed by atoms with Crippen LogP contribution in [0, 0.1) is 12.3 Å². The van der Waals surface area contributed by atoms with E-state index in [1.807, 2.05) is 19.1 Å². The smallest absolute Gasteiger partial charge is 0.270 e. The fraction of sp³-hybridized carbons (Fsp3) is 0.571. The van der Waals surface area contributed by atoms with Gasteiger partial charge in [0.1, 0.15) is 5.69 Å². The number of carbonyl (C=O) groups excluding carboxylic acids is 1. The molecule has 4 heteroatoms. The Labute approximate surface area is 114 Å². The Bertz CT molecular complexity index is 413. The standard InChI is InChI=1S/C14H21ClN2O/c1-10-6-5-7-16-12(10)13(18)17-9-11(15)8-14(2,3)4/h5-7,11H,8-9H2,1-4H3,(H,17,18). The van der Waals surface area contributed by atoms with Crippen molar-refractivity contribution >= 4 is 17.5 Å². The normalized spacial score (nSPS) is 13.2. The van der Waals surface area contributed by atoms with E-state index in [9.17, 15) is 4.79 Å². The van der Waals surface area contributed by atoms with Crippen molar-refractivity contribution in [2.45, 2.75) is 39.5 Å². The third-order valence-corrected chi connectivity index (χ3v) is 2.85. The Hall–Kier alpha value is -1.09. The van der Waals surface area contributed by atoms with Gasteiger partial charge in [0.15, 0.2) is 0 Å². The molecule has 1 aromatic heterocycles. The number of aromatic nitrogens is 1. The number of nitrogens with one attached hydrogen (secondary N) is 1. The first-order chi connectivity index (χ1) is 8.29. The van der Waals surface area contributed by atoms with Crippen LogP contribution in [-0.4, -0.2) is 22.8 Å². The summed E-state index contributed by atoms with van der Waals surface area (Å²) in [5.74, 6) is -0.160. The van der Waals surface area contributed by atoms with E-state index in [2.05, 4.69) is 31.1 Å². The van der Waals surface area contributed by atoms with Crippen LogP contribution in [-0.2, 0) is 0 Å². The number of nitrogens with zero attached hydrogens (tertiary/aromatic N) is 1. The molecule has 0 radical (unpaired) electrons. The van der Waals surface area contributed by atoms with Gasteiger partial charge in [-0.15, -0.1) is 11.6 Å². The quantitative estimate of drug-likeness (QED) is 0.853. The molecule has 3 nitrogen and oxygen atoms in total. The summed E-state index contributed by atoms with van der Waals surface area (Å²) >= 11 is 6.20. The van der Waals surface area contributed by atoms with E-state index in [1.165, 1.54) is 0 Å². The molecule has 1 heterocycles. The number of hydrogen-bond donors (Lipinski definition) is 1. The molecule has 0 saturated carbocycles. The van der Waals surface area contributed by atoms with Crippen LogP contribution in [0.15, 0.2) is 18.3 Å². The van der Waals surface area contributed by atoms with Crippen LogP contribution in [0.2, 0.25) is 0 Å². The first kappa shape index (κ1) is 15.0. The van der Waals surface area contributed by atoms with Gasteiger partial charge in [0.2, 0.25) is 0 Å². The molecule has 1 rings (SSSR count). The molecule has 1 aromatic rings. The molecule has 0 saturated heterocycles. The van der Waals surface area contributed by atoms with Gasteiger partial charge in [0, 0.05) is 12.7 Å². The van der Waals surface area contributed by atoms with Gasteiger partial charge in [-0.25, -0.2) is 0 Å². The van der Waals surface area contributed by atoms with E-state index in [1.54, 1.807) is 6.20 Å². The van der Waals surface area contributed by atoms with Gasteiger partial charge in [-0.2, -0.15) is 0 Å². The lowest BCUT2D eigenvalue weighted by atomic mass is 9.90. The number of carbonyl (C=O) groups is 1. The van der Waals surface area contributed by atoms with Crippen molar-refractivity contribution in [3.63, 3.8) is 0 Å². The number of alkyl halides is 1. The lowest BCUT2D eigenvalue weighted by Crippen LogP contribution is -2.32. The number of pyridine rings is 1. The predicted octanol–water partition coefficient (Wildman–Crippen LogP) is 3.16. The van der Waals surface area contributed by atoms with Crippen molar-refractivity contribution in [1.82, 2.24) is 10.3 Å². The highest BCUT2D eigenvalue weighted by Gasteiger charge is 2.18. The van der Waals surface area contributed by atoms with Crippen molar-refractivity contribution in [2.75, 3.05) is 6.54 Å². The molecule has 0 aliphatic rings. The first-order valence-corrected chi connectivity index (χ1v) is 6.57. The van der Waals surface area contributed by atoms with E-state index in [0.29, 0.717) is 12.2 Å². The van der Waals surface area contributed by atoms with Crippen LogP contribution in [0.5, 0.6) is 0 Å². The van der Waals surface area contributed by atoms with Crippen LogP contribution >= 0.6 is 11.6 Å². The monoisotopic (exact) mass is 268 g/mol. The highest BCUT2D eigenvalue weighted by molar-refractivity contribution is 6.21. The zero-order chi connectivity index (χ0) is 13.8. The molecule has 0 bridgehead atoms. The number of amides is 1. The fourth-order valence-electron chi connectivity index (χ4n) is 1.75. The highest BCUT2D eigenvalue weighted by Crippen LogP contribution is 2.23. The lowest BCUT2D eigenvalue weighted by Gasteiger charge is -2.22. The maximum atomic E-state index is 11.9. The van der Waals surface area contributed by atoms with E-state index in [0.717, 1.165) is 12.0 Å². The molecule has 0 aliphatic carbocycles. The Kier molecular flexibility index (Phi) is 5.15. The van der Waals surface area contributed by atoms with Gasteiger partial charge in [-0.1, -0.05) is 26.8 Å².